The van der Waals surface area contributed by atoms with Crippen molar-refractivity contribution in [2.45, 2.75) is 25.5 Å². The van der Waals surface area contributed by atoms with E-state index in [2.05, 4.69) is 15.1 Å². The molecule has 1 aliphatic rings. The van der Waals surface area contributed by atoms with E-state index in [4.69, 9.17) is 5.14 Å². The third-order valence-electron chi connectivity index (χ3n) is 3.40. The Morgan fingerprint density at radius 3 is 2.67 bits per heavy atom. The molecular formula is C11H14N6O3S. The Morgan fingerprint density at radius 2 is 2.05 bits per heavy atom. The van der Waals surface area contributed by atoms with Gasteiger partial charge in [0.15, 0.2) is 0 Å². The van der Waals surface area contributed by atoms with E-state index in [0.29, 0.717) is 5.78 Å². The van der Waals surface area contributed by atoms with E-state index >= 15 is 0 Å². The summed E-state index contributed by atoms with van der Waals surface area (Å²) in [7, 11) is -3.76. The van der Waals surface area contributed by atoms with Crippen LogP contribution in [0.2, 0.25) is 0 Å². The highest BCUT2D eigenvalue weighted by atomic mass is 32.2. The lowest BCUT2D eigenvalue weighted by atomic mass is 10.4. The molecule has 3 heterocycles. The Balaban J connectivity index is 2.02. The molecule has 0 bridgehead atoms. The molecule has 9 nitrogen and oxygen atoms in total. The fourth-order valence-electron chi connectivity index (χ4n) is 2.36. The lowest BCUT2D eigenvalue weighted by Gasteiger charge is -2.10. The molecular weight excluding hydrogens is 296 g/mol. The van der Waals surface area contributed by atoms with Gasteiger partial charge in [-0.05, 0) is 19.9 Å². The van der Waals surface area contributed by atoms with Gasteiger partial charge in [-0.3, -0.25) is 9.69 Å². The molecule has 2 aromatic rings. The summed E-state index contributed by atoms with van der Waals surface area (Å²) in [6, 6.07) is 1.84. The van der Waals surface area contributed by atoms with E-state index in [-0.39, 0.29) is 24.8 Å². The highest BCUT2D eigenvalue weighted by molar-refractivity contribution is 7.89. The van der Waals surface area contributed by atoms with Crippen molar-refractivity contribution in [3.05, 3.63) is 17.5 Å². The summed E-state index contributed by atoms with van der Waals surface area (Å²) < 4.78 is 24.2. The van der Waals surface area contributed by atoms with E-state index in [1.54, 1.807) is 0 Å². The van der Waals surface area contributed by atoms with Crippen molar-refractivity contribution in [3.8, 4) is 0 Å². The predicted molar refractivity (Wildman–Crippen MR) is 74.1 cm³/mol. The van der Waals surface area contributed by atoms with Crippen molar-refractivity contribution in [2.75, 3.05) is 11.4 Å². The number of aryl methyl sites for hydroxylation is 2. The molecule has 0 aliphatic carbocycles. The summed E-state index contributed by atoms with van der Waals surface area (Å²) in [5, 5.41) is 8.39. The molecule has 0 aromatic carbocycles. The van der Waals surface area contributed by atoms with Crippen LogP contribution in [0.25, 0.3) is 5.78 Å². The summed E-state index contributed by atoms with van der Waals surface area (Å²) in [6.45, 7) is 3.64. The van der Waals surface area contributed by atoms with Gasteiger partial charge in [-0.1, -0.05) is 0 Å². The first kappa shape index (κ1) is 13.9. The number of sulfonamides is 1. The van der Waals surface area contributed by atoms with Gasteiger partial charge in [-0.2, -0.15) is 9.50 Å². The van der Waals surface area contributed by atoms with E-state index in [1.165, 1.54) is 9.42 Å². The van der Waals surface area contributed by atoms with Gasteiger partial charge in [0.25, 0.3) is 11.7 Å². The molecule has 1 atom stereocenters. The maximum atomic E-state index is 12.0. The van der Waals surface area contributed by atoms with Crippen LogP contribution < -0.4 is 10.0 Å². The lowest BCUT2D eigenvalue weighted by molar-refractivity contribution is -0.117. The van der Waals surface area contributed by atoms with Crippen molar-refractivity contribution in [1.82, 2.24) is 19.6 Å². The van der Waals surface area contributed by atoms with Crippen LogP contribution in [0.1, 0.15) is 17.8 Å². The molecule has 21 heavy (non-hydrogen) atoms. The number of nitrogens with two attached hydrogens (primary N) is 1. The third kappa shape index (κ3) is 2.36. The Hall–Kier alpha value is -2.07. The normalized spacial score (nSPS) is 19.7. The molecule has 1 aliphatic heterocycles. The first-order valence-corrected chi connectivity index (χ1v) is 7.89. The summed E-state index contributed by atoms with van der Waals surface area (Å²) in [6.07, 6.45) is -0.153. The molecule has 0 saturated carbocycles. The highest BCUT2D eigenvalue weighted by Crippen LogP contribution is 2.22. The summed E-state index contributed by atoms with van der Waals surface area (Å²) in [4.78, 5) is 21.6. The second-order valence-electron chi connectivity index (χ2n) is 5.08. The zero-order valence-corrected chi connectivity index (χ0v) is 12.3. The van der Waals surface area contributed by atoms with E-state index in [1.807, 2.05) is 19.9 Å². The largest absolute Gasteiger partial charge is 0.278 e. The van der Waals surface area contributed by atoms with Crippen LogP contribution in [0.3, 0.4) is 0 Å². The number of rotatable bonds is 2. The Morgan fingerprint density at radius 1 is 1.33 bits per heavy atom. The first-order valence-electron chi connectivity index (χ1n) is 6.28. The second kappa shape index (κ2) is 4.46. The fourth-order valence-corrected chi connectivity index (χ4v) is 3.09. The molecule has 112 valence electrons. The summed E-state index contributed by atoms with van der Waals surface area (Å²) >= 11 is 0. The maximum Gasteiger partial charge on any atom is 0.254 e. The van der Waals surface area contributed by atoms with Crippen LogP contribution >= 0.6 is 0 Å². The van der Waals surface area contributed by atoms with Gasteiger partial charge in [-0.15, -0.1) is 5.10 Å². The number of anilines is 1. The number of amides is 1. The number of fused-ring (bicyclic) bond motifs is 1. The van der Waals surface area contributed by atoms with Gasteiger partial charge < -0.3 is 0 Å². The third-order valence-corrected chi connectivity index (χ3v) is 4.65. The van der Waals surface area contributed by atoms with Crippen molar-refractivity contribution in [1.29, 1.82) is 0 Å². The van der Waals surface area contributed by atoms with E-state index in [0.717, 1.165) is 11.4 Å². The fraction of sp³-hybridized carbons (Fsp3) is 0.455. The Labute approximate surface area is 120 Å². The minimum atomic E-state index is -3.76. The van der Waals surface area contributed by atoms with Crippen molar-refractivity contribution < 1.29 is 13.2 Å². The highest BCUT2D eigenvalue weighted by Gasteiger charge is 2.39. The maximum absolute atomic E-state index is 12.0. The molecule has 1 amide bonds. The van der Waals surface area contributed by atoms with Gasteiger partial charge in [0, 0.05) is 24.4 Å². The van der Waals surface area contributed by atoms with Crippen LogP contribution in [0.4, 0.5) is 5.95 Å². The predicted octanol–water partition coefficient (Wildman–Crippen LogP) is -0.865. The molecule has 1 unspecified atom stereocenters. The van der Waals surface area contributed by atoms with Gasteiger partial charge in [0.1, 0.15) is 5.25 Å². The summed E-state index contributed by atoms with van der Waals surface area (Å²) in [5.41, 5.74) is 1.61. The molecule has 2 aromatic heterocycles. The zero-order chi connectivity index (χ0) is 15.4. The molecule has 1 saturated heterocycles. The minimum absolute atomic E-state index is 0.0351. The first-order chi connectivity index (χ1) is 9.75. The molecule has 3 rings (SSSR count). The van der Waals surface area contributed by atoms with Crippen LogP contribution in [0.15, 0.2) is 6.07 Å². The van der Waals surface area contributed by atoms with Crippen molar-refractivity contribution in [2.24, 2.45) is 5.14 Å². The number of hydrogen-bond donors (Lipinski definition) is 1. The van der Waals surface area contributed by atoms with Crippen molar-refractivity contribution in [3.63, 3.8) is 0 Å². The monoisotopic (exact) mass is 310 g/mol. The average molecular weight is 310 g/mol. The molecule has 0 radical (unpaired) electrons. The smallest absolute Gasteiger partial charge is 0.254 e. The molecule has 10 heteroatoms. The topological polar surface area (TPSA) is 124 Å². The van der Waals surface area contributed by atoms with Gasteiger partial charge in [0.05, 0.1) is 0 Å². The Bertz CT molecular complexity index is 843. The van der Waals surface area contributed by atoms with Crippen molar-refractivity contribution >= 4 is 27.7 Å². The summed E-state index contributed by atoms with van der Waals surface area (Å²) in [5.74, 6) is 0.154. The SMILES string of the molecule is Cc1cc(C)n2nc(N3CC(S(N)(=O)=O)CC3=O)nc2n1. The minimum Gasteiger partial charge on any atom is -0.278 e. The number of aromatic nitrogens is 4. The van der Waals surface area contributed by atoms with Gasteiger partial charge in [-0.25, -0.2) is 18.5 Å². The number of carbonyl (C=O) groups is 1. The number of hydrogen-bond acceptors (Lipinski definition) is 6. The van der Waals surface area contributed by atoms with Gasteiger partial charge in [0.2, 0.25) is 15.9 Å². The molecule has 0 spiro atoms. The van der Waals surface area contributed by atoms with Crippen LogP contribution in [0, 0.1) is 13.8 Å². The van der Waals surface area contributed by atoms with E-state index in [9.17, 15) is 13.2 Å². The number of nitrogens with zero attached hydrogens (tertiary/aromatic N) is 5. The van der Waals surface area contributed by atoms with E-state index < -0.39 is 15.3 Å². The average Bonchev–Trinajstić information content (AvgIpc) is 2.91. The lowest BCUT2D eigenvalue weighted by Crippen LogP contribution is -2.32. The standard InChI is InChI=1S/C11H14N6O3S/c1-6-3-7(2)17-10(13-6)14-11(15-17)16-5-8(4-9(16)18)21(12,19)20/h3,8H,4-5H2,1-2H3,(H2,12,19,20). The molecule has 1 fully saturated rings. The van der Waals surface area contributed by atoms with Crippen LogP contribution in [-0.4, -0.2) is 45.7 Å². The van der Waals surface area contributed by atoms with Gasteiger partial charge >= 0.3 is 0 Å². The number of primary sulfonamides is 1. The molecule has 2 N–H and O–H groups in total. The number of carbonyl (C=O) groups excluding carboxylic acids is 1. The second-order valence-corrected chi connectivity index (χ2v) is 6.93. The zero-order valence-electron chi connectivity index (χ0n) is 11.5. The Kier molecular flexibility index (Phi) is 2.95. The quantitative estimate of drug-likeness (QED) is 0.769. The van der Waals surface area contributed by atoms with Crippen LogP contribution in [-0.2, 0) is 14.8 Å². The van der Waals surface area contributed by atoms with Crippen LogP contribution in [0.5, 0.6) is 0 Å².